The molecule has 5 nitrogen and oxygen atoms in total. The molecule has 0 spiro atoms. The predicted octanol–water partition coefficient (Wildman–Crippen LogP) is 3.06. The summed E-state index contributed by atoms with van der Waals surface area (Å²) in [6.45, 7) is 7.26. The molecule has 0 radical (unpaired) electrons. The lowest BCUT2D eigenvalue weighted by Gasteiger charge is -2.41. The van der Waals surface area contributed by atoms with Crippen LogP contribution in [0.2, 0.25) is 0 Å². The molecule has 2 fully saturated rings. The topological polar surface area (TPSA) is 72.6 Å². The zero-order chi connectivity index (χ0) is 20.1. The van der Waals surface area contributed by atoms with E-state index in [0.29, 0.717) is 51.6 Å². The van der Waals surface area contributed by atoms with Gasteiger partial charge in [0.25, 0.3) is 0 Å². The van der Waals surface area contributed by atoms with Gasteiger partial charge in [0.15, 0.2) is 5.78 Å². The van der Waals surface area contributed by atoms with Crippen molar-refractivity contribution < 1.29 is 14.3 Å². The minimum Gasteiger partial charge on any atom is -0.381 e. The van der Waals surface area contributed by atoms with Crippen molar-refractivity contribution in [2.24, 2.45) is 23.0 Å². The number of ketones is 1. The number of ether oxygens (including phenoxy) is 1. The molecule has 28 heavy (non-hydrogen) atoms. The smallest absolute Gasteiger partial charge is 0.230 e. The Hall–Kier alpha value is -1.72. The summed E-state index contributed by atoms with van der Waals surface area (Å²) in [4.78, 5) is 27.9. The van der Waals surface area contributed by atoms with Crippen LogP contribution in [-0.4, -0.2) is 49.4 Å². The second kappa shape index (κ2) is 9.19. The van der Waals surface area contributed by atoms with Crippen LogP contribution in [0.25, 0.3) is 0 Å². The van der Waals surface area contributed by atoms with Gasteiger partial charge in [0.2, 0.25) is 5.91 Å². The quantitative estimate of drug-likeness (QED) is 0.763. The zero-order valence-electron chi connectivity index (χ0n) is 17.3. The molecule has 2 saturated heterocycles. The van der Waals surface area contributed by atoms with Gasteiger partial charge < -0.3 is 15.4 Å². The Kier molecular flexibility index (Phi) is 6.89. The highest BCUT2D eigenvalue weighted by atomic mass is 16.5. The summed E-state index contributed by atoms with van der Waals surface area (Å²) < 4.78 is 5.42. The maximum Gasteiger partial charge on any atom is 0.230 e. The highest BCUT2D eigenvalue weighted by Gasteiger charge is 2.42. The molecular weight excluding hydrogens is 352 g/mol. The maximum atomic E-state index is 13.1. The fourth-order valence-corrected chi connectivity index (χ4v) is 4.46. The number of nitrogens with zero attached hydrogens (tertiary/aromatic N) is 1. The number of hydrogen-bond donors (Lipinski definition) is 1. The average Bonchev–Trinajstić information content (AvgIpc) is 2.73. The molecular formula is C23H34N2O3. The Morgan fingerprint density at radius 3 is 2.29 bits per heavy atom. The molecule has 0 bridgehead atoms. The van der Waals surface area contributed by atoms with E-state index in [4.69, 9.17) is 10.5 Å². The third-order valence-corrected chi connectivity index (χ3v) is 6.33. The Morgan fingerprint density at radius 2 is 1.75 bits per heavy atom. The number of hydrogen-bond acceptors (Lipinski definition) is 4. The van der Waals surface area contributed by atoms with E-state index in [9.17, 15) is 9.59 Å². The van der Waals surface area contributed by atoms with Crippen molar-refractivity contribution in [1.82, 2.24) is 4.90 Å². The minimum absolute atomic E-state index is 0.00325. The van der Waals surface area contributed by atoms with Crippen LogP contribution in [0.1, 0.15) is 55.5 Å². The maximum absolute atomic E-state index is 13.1. The molecule has 1 amide bonds. The van der Waals surface area contributed by atoms with Gasteiger partial charge in [-0.25, -0.2) is 0 Å². The highest BCUT2D eigenvalue weighted by molar-refractivity contribution is 5.98. The first kappa shape index (κ1) is 21.0. The first-order valence-electron chi connectivity index (χ1n) is 10.7. The van der Waals surface area contributed by atoms with Crippen LogP contribution in [0.4, 0.5) is 0 Å². The van der Waals surface area contributed by atoms with E-state index in [-0.39, 0.29) is 17.6 Å². The summed E-state index contributed by atoms with van der Waals surface area (Å²) in [5.41, 5.74) is 7.58. The zero-order valence-corrected chi connectivity index (χ0v) is 17.3. The van der Waals surface area contributed by atoms with E-state index in [1.807, 2.05) is 17.0 Å². The second-order valence-electron chi connectivity index (χ2n) is 8.82. The monoisotopic (exact) mass is 386 g/mol. The molecule has 0 aliphatic carbocycles. The highest BCUT2D eigenvalue weighted by Crippen LogP contribution is 2.33. The SMILES string of the molecule is CC(C)Cc1ccc(C(=O)C2CCN(C(=O)C3(CN)CCOCC3)CC2)cc1. The third-order valence-electron chi connectivity index (χ3n) is 6.33. The molecule has 2 heterocycles. The molecule has 2 aliphatic heterocycles. The summed E-state index contributed by atoms with van der Waals surface area (Å²) in [5, 5.41) is 0. The van der Waals surface area contributed by atoms with Crippen molar-refractivity contribution in [2.45, 2.75) is 46.0 Å². The molecule has 0 saturated carbocycles. The number of carbonyl (C=O) groups excluding carboxylic acids is 2. The number of benzene rings is 1. The van der Waals surface area contributed by atoms with Gasteiger partial charge in [-0.1, -0.05) is 38.1 Å². The summed E-state index contributed by atoms with van der Waals surface area (Å²) in [6.07, 6.45) is 3.89. The molecule has 1 aromatic carbocycles. The minimum atomic E-state index is -0.471. The average molecular weight is 387 g/mol. The van der Waals surface area contributed by atoms with E-state index >= 15 is 0 Å². The molecule has 2 N–H and O–H groups in total. The Bertz CT molecular complexity index is 670. The summed E-state index contributed by atoms with van der Waals surface area (Å²) >= 11 is 0. The predicted molar refractivity (Wildman–Crippen MR) is 110 cm³/mol. The van der Waals surface area contributed by atoms with Crippen LogP contribution < -0.4 is 5.73 Å². The van der Waals surface area contributed by atoms with Crippen LogP contribution in [0, 0.1) is 17.3 Å². The van der Waals surface area contributed by atoms with Crippen LogP contribution in [0.15, 0.2) is 24.3 Å². The lowest BCUT2D eigenvalue weighted by atomic mass is 9.78. The van der Waals surface area contributed by atoms with Crippen molar-refractivity contribution >= 4 is 11.7 Å². The van der Waals surface area contributed by atoms with Gasteiger partial charge >= 0.3 is 0 Å². The van der Waals surface area contributed by atoms with Gasteiger partial charge in [0, 0.05) is 44.3 Å². The van der Waals surface area contributed by atoms with Crippen molar-refractivity contribution in [3.8, 4) is 0 Å². The molecule has 3 rings (SSSR count). The van der Waals surface area contributed by atoms with Crippen LogP contribution in [-0.2, 0) is 16.0 Å². The number of amides is 1. The fourth-order valence-electron chi connectivity index (χ4n) is 4.46. The van der Waals surface area contributed by atoms with E-state index < -0.39 is 5.41 Å². The van der Waals surface area contributed by atoms with Crippen LogP contribution in [0.3, 0.4) is 0 Å². The Labute approximate surface area is 168 Å². The molecule has 0 aromatic heterocycles. The van der Waals surface area contributed by atoms with Gasteiger partial charge in [-0.05, 0) is 43.6 Å². The van der Waals surface area contributed by atoms with Crippen molar-refractivity contribution in [3.05, 3.63) is 35.4 Å². The number of carbonyl (C=O) groups is 2. The van der Waals surface area contributed by atoms with Crippen molar-refractivity contribution in [3.63, 3.8) is 0 Å². The normalized spacial score (nSPS) is 20.4. The molecule has 2 aliphatic rings. The van der Waals surface area contributed by atoms with Crippen molar-refractivity contribution in [2.75, 3.05) is 32.8 Å². The summed E-state index contributed by atoms with van der Waals surface area (Å²) in [6, 6.07) is 8.07. The summed E-state index contributed by atoms with van der Waals surface area (Å²) in [7, 11) is 0. The van der Waals surface area contributed by atoms with Crippen LogP contribution in [0.5, 0.6) is 0 Å². The molecule has 154 valence electrons. The number of nitrogens with two attached hydrogens (primary N) is 1. The molecule has 0 unspecified atom stereocenters. The van der Waals surface area contributed by atoms with E-state index in [1.165, 1.54) is 5.56 Å². The second-order valence-corrected chi connectivity index (χ2v) is 8.82. The molecule has 0 atom stereocenters. The Balaban J connectivity index is 1.57. The Morgan fingerprint density at radius 1 is 1.14 bits per heavy atom. The van der Waals surface area contributed by atoms with Gasteiger partial charge in [-0.3, -0.25) is 9.59 Å². The molecule has 1 aromatic rings. The number of rotatable bonds is 6. The standard InChI is InChI=1S/C23H34N2O3/c1-17(2)15-18-3-5-19(6-4-18)21(26)20-7-11-25(12-8-20)22(27)23(16-24)9-13-28-14-10-23/h3-6,17,20H,7-16,24H2,1-2H3. The fraction of sp³-hybridized carbons (Fsp3) is 0.652. The van der Waals surface area contributed by atoms with E-state index in [2.05, 4.69) is 26.0 Å². The lowest BCUT2D eigenvalue weighted by Crippen LogP contribution is -2.53. The summed E-state index contributed by atoms with van der Waals surface area (Å²) in [5.74, 6) is 0.976. The van der Waals surface area contributed by atoms with Crippen molar-refractivity contribution in [1.29, 1.82) is 0 Å². The number of likely N-dealkylation sites (tertiary alicyclic amines) is 1. The van der Waals surface area contributed by atoms with E-state index in [0.717, 1.165) is 24.8 Å². The third kappa shape index (κ3) is 4.64. The van der Waals surface area contributed by atoms with Gasteiger partial charge in [0.1, 0.15) is 0 Å². The number of piperidine rings is 1. The largest absolute Gasteiger partial charge is 0.381 e. The van der Waals surface area contributed by atoms with E-state index in [1.54, 1.807) is 0 Å². The van der Waals surface area contributed by atoms with Gasteiger partial charge in [0.05, 0.1) is 5.41 Å². The molecule has 5 heteroatoms. The van der Waals surface area contributed by atoms with Gasteiger partial charge in [-0.2, -0.15) is 0 Å². The number of Topliss-reactive ketones (excluding diaryl/α,β-unsaturated/α-hetero) is 1. The van der Waals surface area contributed by atoms with Crippen LogP contribution >= 0.6 is 0 Å². The van der Waals surface area contributed by atoms with Gasteiger partial charge in [-0.15, -0.1) is 0 Å². The first-order chi connectivity index (χ1) is 13.4. The first-order valence-corrected chi connectivity index (χ1v) is 10.7. The lowest BCUT2D eigenvalue weighted by molar-refractivity contribution is -0.148.